The molecule has 31 heavy (non-hydrogen) atoms. The molecule has 0 heterocycles. The normalized spacial score (nSPS) is 18.3. The second-order valence-electron chi connectivity index (χ2n) is 12.9. The number of hydrogen-bond donors (Lipinski definition) is 0. The molecule has 0 bridgehead atoms. The van der Waals surface area contributed by atoms with Gasteiger partial charge in [-0.15, -0.1) is 0 Å². The van der Waals surface area contributed by atoms with Gasteiger partial charge < -0.3 is 0 Å². The van der Waals surface area contributed by atoms with Gasteiger partial charge in [-0.2, -0.15) is 0 Å². The first-order valence-electron chi connectivity index (χ1n) is 14.4. The molecule has 0 aromatic carbocycles. The molecule has 0 spiro atoms. The van der Waals surface area contributed by atoms with Gasteiger partial charge in [0.1, 0.15) is 0 Å². The second-order valence-corrected chi connectivity index (χ2v) is 16.0. The van der Waals surface area contributed by atoms with Crippen molar-refractivity contribution < 1.29 is 0 Å². The van der Waals surface area contributed by atoms with Crippen LogP contribution in [0.5, 0.6) is 0 Å². The maximum absolute atomic E-state index is 2.55. The molecule has 0 aliphatic rings. The summed E-state index contributed by atoms with van der Waals surface area (Å²) in [6.07, 6.45) is 8.44. The third-order valence-corrected chi connectivity index (χ3v) is 12.4. The Morgan fingerprint density at radius 1 is 0.419 bits per heavy atom. The Kier molecular flexibility index (Phi) is 17.3. The van der Waals surface area contributed by atoms with E-state index in [9.17, 15) is 0 Å². The molecular formula is C30H63Al. The van der Waals surface area contributed by atoms with Gasteiger partial charge in [0.25, 0.3) is 14.1 Å². The van der Waals surface area contributed by atoms with Crippen molar-refractivity contribution >= 4 is 14.1 Å². The molecule has 0 aliphatic heterocycles. The predicted molar refractivity (Wildman–Crippen MR) is 147 cm³/mol. The van der Waals surface area contributed by atoms with E-state index < -0.39 is 14.1 Å². The maximum atomic E-state index is 2.55. The molecular weight excluding hydrogens is 387 g/mol. The van der Waals surface area contributed by atoms with Crippen molar-refractivity contribution in [1.29, 1.82) is 0 Å². The summed E-state index contributed by atoms with van der Waals surface area (Å²) in [4.78, 5) is 0. The molecule has 0 amide bonds. The van der Waals surface area contributed by atoms with Gasteiger partial charge in [-0.25, -0.2) is 0 Å². The maximum Gasteiger partial charge on any atom is 0.262 e. The zero-order valence-corrected chi connectivity index (χ0v) is 25.3. The summed E-state index contributed by atoms with van der Waals surface area (Å²) in [5.74, 6) is 8.13. The van der Waals surface area contributed by atoms with Crippen LogP contribution in [0.3, 0.4) is 0 Å². The lowest BCUT2D eigenvalue weighted by Crippen LogP contribution is -2.31. The van der Waals surface area contributed by atoms with Gasteiger partial charge in [0.05, 0.1) is 0 Å². The Morgan fingerprint density at radius 2 is 0.645 bits per heavy atom. The lowest BCUT2D eigenvalue weighted by Gasteiger charge is -2.34. The molecule has 1 heteroatoms. The van der Waals surface area contributed by atoms with Gasteiger partial charge in [-0.1, -0.05) is 136 Å². The lowest BCUT2D eigenvalue weighted by atomic mass is 9.86. The molecule has 0 nitrogen and oxygen atoms in total. The third kappa shape index (κ3) is 13.7. The van der Waals surface area contributed by atoms with E-state index >= 15 is 0 Å². The lowest BCUT2D eigenvalue weighted by molar-refractivity contribution is 0.292. The van der Waals surface area contributed by atoms with Crippen LogP contribution in [-0.2, 0) is 0 Å². The second kappa shape index (κ2) is 17.0. The molecule has 0 aromatic heterocycles. The molecule has 6 unspecified atom stereocenters. The highest BCUT2D eigenvalue weighted by Gasteiger charge is 2.33. The highest BCUT2D eigenvalue weighted by atomic mass is 27.2. The molecule has 0 rings (SSSR count). The Bertz CT molecular complexity index is 351. The summed E-state index contributed by atoms with van der Waals surface area (Å²) in [7, 11) is 0. The molecule has 6 atom stereocenters. The van der Waals surface area contributed by atoms with E-state index in [1.54, 1.807) is 15.8 Å². The number of rotatable bonds is 18. The third-order valence-electron chi connectivity index (χ3n) is 8.58. The fourth-order valence-electron chi connectivity index (χ4n) is 6.07. The molecule has 186 valence electrons. The van der Waals surface area contributed by atoms with E-state index in [1.807, 2.05) is 0 Å². The topological polar surface area (TPSA) is 0 Å². The largest absolute Gasteiger partial charge is 0.262 e. The zero-order chi connectivity index (χ0) is 24.1. The van der Waals surface area contributed by atoms with Crippen LogP contribution in [0.1, 0.15) is 122 Å². The Morgan fingerprint density at radius 3 is 0.806 bits per heavy atom. The smallest absolute Gasteiger partial charge is 0.0907 e. The van der Waals surface area contributed by atoms with E-state index in [-0.39, 0.29) is 0 Å². The minimum Gasteiger partial charge on any atom is -0.0907 e. The SMILES string of the molecule is CCC(C)C(CC(C)C)[CH2][Al]([CH2]C(CC(C)C)C(C)CC)[CH2]C(CC(C)C)C(C)CC. The predicted octanol–water partition coefficient (Wildman–Crippen LogP) is 10.6. The van der Waals surface area contributed by atoms with Crippen molar-refractivity contribution in [2.24, 2.45) is 53.3 Å². The van der Waals surface area contributed by atoms with Crippen LogP contribution in [0.15, 0.2) is 0 Å². The van der Waals surface area contributed by atoms with E-state index in [4.69, 9.17) is 0 Å². The quantitative estimate of drug-likeness (QED) is 0.182. The Labute approximate surface area is 204 Å². The van der Waals surface area contributed by atoms with Crippen LogP contribution in [0, 0.1) is 53.3 Å². The molecule has 0 aromatic rings. The van der Waals surface area contributed by atoms with Crippen LogP contribution in [0.2, 0.25) is 15.8 Å². The minimum atomic E-state index is -0.794. The van der Waals surface area contributed by atoms with Gasteiger partial charge in [-0.3, -0.25) is 0 Å². The van der Waals surface area contributed by atoms with E-state index in [0.29, 0.717) is 0 Å². The van der Waals surface area contributed by atoms with Gasteiger partial charge in [0.2, 0.25) is 0 Å². The zero-order valence-electron chi connectivity index (χ0n) is 24.1. The summed E-state index contributed by atoms with van der Waals surface area (Å²) in [5, 5.41) is 4.84. The summed E-state index contributed by atoms with van der Waals surface area (Å²) in [6.45, 7) is 29.7. The van der Waals surface area contributed by atoms with Crippen LogP contribution in [0.25, 0.3) is 0 Å². The van der Waals surface area contributed by atoms with Crippen molar-refractivity contribution in [3.63, 3.8) is 0 Å². The summed E-state index contributed by atoms with van der Waals surface area (Å²) >= 11 is -0.794. The highest BCUT2D eigenvalue weighted by molar-refractivity contribution is 6.59. The standard InChI is InChI=1S/3C10H21.Al/c3*1-6-9(4)10(5)7-8(2)3;/h3*8-10H,5-7H2,1-4H3;. The minimum absolute atomic E-state index is 0.794. The van der Waals surface area contributed by atoms with E-state index in [1.165, 1.54) is 38.5 Å². The Hall–Kier alpha value is 0.532. The van der Waals surface area contributed by atoms with E-state index in [0.717, 1.165) is 53.3 Å². The van der Waals surface area contributed by atoms with Crippen LogP contribution < -0.4 is 0 Å². The molecule has 0 N–H and O–H groups in total. The average Bonchev–Trinajstić information content (AvgIpc) is 2.69. The van der Waals surface area contributed by atoms with Crippen molar-refractivity contribution in [3.05, 3.63) is 0 Å². The van der Waals surface area contributed by atoms with E-state index in [2.05, 4.69) is 83.1 Å². The fraction of sp³-hybridized carbons (Fsp3) is 1.00. The first-order valence-corrected chi connectivity index (χ1v) is 16.9. The van der Waals surface area contributed by atoms with Gasteiger partial charge in [0, 0.05) is 0 Å². The monoisotopic (exact) mass is 450 g/mol. The molecule has 0 saturated heterocycles. The van der Waals surface area contributed by atoms with Gasteiger partial charge in [-0.05, 0) is 54.8 Å². The van der Waals surface area contributed by atoms with Crippen LogP contribution in [0.4, 0.5) is 0 Å². The molecule has 0 aliphatic carbocycles. The molecule has 0 saturated carbocycles. The van der Waals surface area contributed by atoms with Crippen molar-refractivity contribution in [2.75, 3.05) is 0 Å². The summed E-state index contributed by atoms with van der Waals surface area (Å²) < 4.78 is 0. The number of hydrogen-bond acceptors (Lipinski definition) is 0. The van der Waals surface area contributed by atoms with Gasteiger partial charge >= 0.3 is 0 Å². The van der Waals surface area contributed by atoms with Crippen LogP contribution in [-0.4, -0.2) is 14.1 Å². The first-order chi connectivity index (χ1) is 14.4. The first kappa shape index (κ1) is 31.5. The Balaban J connectivity index is 5.77. The summed E-state index contributed by atoms with van der Waals surface area (Å²) in [5.41, 5.74) is 0. The van der Waals surface area contributed by atoms with Gasteiger partial charge in [0.15, 0.2) is 0 Å². The van der Waals surface area contributed by atoms with Crippen molar-refractivity contribution in [2.45, 2.75) is 137 Å². The molecule has 0 radical (unpaired) electrons. The van der Waals surface area contributed by atoms with Crippen LogP contribution >= 0.6 is 0 Å². The fourth-order valence-corrected chi connectivity index (χ4v) is 11.2. The highest BCUT2D eigenvalue weighted by Crippen LogP contribution is 2.38. The summed E-state index contributed by atoms with van der Waals surface area (Å²) in [6, 6.07) is 0. The van der Waals surface area contributed by atoms with Crippen molar-refractivity contribution in [3.8, 4) is 0 Å². The van der Waals surface area contributed by atoms with Crippen molar-refractivity contribution in [1.82, 2.24) is 0 Å². The molecule has 0 fully saturated rings. The average molecular weight is 451 g/mol.